The van der Waals surface area contributed by atoms with Gasteiger partial charge >= 0.3 is 5.97 Å². The van der Waals surface area contributed by atoms with Crippen LogP contribution in [0.4, 0.5) is 0 Å². The standard InChI is InChI=1S/C12H20N2O4/c1-2-17-12(16)9-8-13-5-6-14(9)11(15)10-4-3-7-18-10/h9-10,13H,2-8H2,1H3/t9?,10-/m0/s1. The van der Waals surface area contributed by atoms with Crippen LogP contribution in [0.25, 0.3) is 0 Å². The van der Waals surface area contributed by atoms with Gasteiger partial charge in [-0.3, -0.25) is 4.79 Å². The van der Waals surface area contributed by atoms with E-state index in [1.165, 1.54) is 0 Å². The van der Waals surface area contributed by atoms with Crippen LogP contribution in [0.1, 0.15) is 19.8 Å². The van der Waals surface area contributed by atoms with Crippen LogP contribution in [0.5, 0.6) is 0 Å². The summed E-state index contributed by atoms with van der Waals surface area (Å²) in [5.74, 6) is -0.414. The van der Waals surface area contributed by atoms with Gasteiger partial charge < -0.3 is 19.7 Å². The number of hydrogen-bond donors (Lipinski definition) is 1. The van der Waals surface area contributed by atoms with Crippen LogP contribution in [0.3, 0.4) is 0 Å². The zero-order valence-electron chi connectivity index (χ0n) is 10.7. The van der Waals surface area contributed by atoms with E-state index in [1.54, 1.807) is 11.8 Å². The average molecular weight is 256 g/mol. The Morgan fingerprint density at radius 3 is 3.00 bits per heavy atom. The molecule has 102 valence electrons. The maximum Gasteiger partial charge on any atom is 0.330 e. The smallest absolute Gasteiger partial charge is 0.330 e. The zero-order valence-corrected chi connectivity index (χ0v) is 10.7. The number of hydrogen-bond acceptors (Lipinski definition) is 5. The second-order valence-electron chi connectivity index (χ2n) is 4.51. The summed E-state index contributed by atoms with van der Waals surface area (Å²) < 4.78 is 10.4. The van der Waals surface area contributed by atoms with E-state index in [0.717, 1.165) is 12.8 Å². The second kappa shape index (κ2) is 6.15. The maximum absolute atomic E-state index is 12.3. The molecular weight excluding hydrogens is 236 g/mol. The van der Waals surface area contributed by atoms with Gasteiger partial charge in [0, 0.05) is 26.2 Å². The van der Waals surface area contributed by atoms with Gasteiger partial charge in [-0.05, 0) is 19.8 Å². The summed E-state index contributed by atoms with van der Waals surface area (Å²) in [4.78, 5) is 25.7. The summed E-state index contributed by atoms with van der Waals surface area (Å²) in [6.45, 7) is 4.41. The Kier molecular flexibility index (Phi) is 4.54. The van der Waals surface area contributed by atoms with Gasteiger partial charge in [0.2, 0.25) is 0 Å². The van der Waals surface area contributed by atoms with Crippen molar-refractivity contribution in [2.24, 2.45) is 0 Å². The van der Waals surface area contributed by atoms with Crippen molar-refractivity contribution in [3.05, 3.63) is 0 Å². The summed E-state index contributed by atoms with van der Waals surface area (Å²) in [6.07, 6.45) is 1.28. The molecular formula is C12H20N2O4. The average Bonchev–Trinajstić information content (AvgIpc) is 2.92. The lowest BCUT2D eigenvalue weighted by Crippen LogP contribution is -2.59. The van der Waals surface area contributed by atoms with Crippen LogP contribution in [-0.4, -0.2) is 61.8 Å². The minimum Gasteiger partial charge on any atom is -0.464 e. The Hall–Kier alpha value is -1.14. The Morgan fingerprint density at radius 2 is 2.33 bits per heavy atom. The molecule has 0 spiro atoms. The molecule has 2 saturated heterocycles. The molecule has 0 bridgehead atoms. The van der Waals surface area contributed by atoms with Gasteiger partial charge in [0.25, 0.3) is 5.91 Å². The van der Waals surface area contributed by atoms with E-state index < -0.39 is 6.04 Å². The Bertz CT molecular complexity index is 315. The molecule has 2 rings (SSSR count). The molecule has 6 nitrogen and oxygen atoms in total. The van der Waals surface area contributed by atoms with Crippen molar-refractivity contribution in [3.8, 4) is 0 Å². The number of ether oxygens (including phenoxy) is 2. The number of esters is 1. The van der Waals surface area contributed by atoms with Crippen LogP contribution >= 0.6 is 0 Å². The highest BCUT2D eigenvalue weighted by Crippen LogP contribution is 2.17. The molecule has 2 aliphatic rings. The fraction of sp³-hybridized carbons (Fsp3) is 0.833. The minimum atomic E-state index is -0.518. The third-order valence-corrected chi connectivity index (χ3v) is 3.29. The van der Waals surface area contributed by atoms with Crippen molar-refractivity contribution in [3.63, 3.8) is 0 Å². The molecule has 0 aromatic rings. The molecule has 2 atom stereocenters. The summed E-state index contributed by atoms with van der Waals surface area (Å²) in [6, 6.07) is -0.518. The van der Waals surface area contributed by atoms with Crippen molar-refractivity contribution in [1.82, 2.24) is 10.2 Å². The first-order chi connectivity index (χ1) is 8.74. The third kappa shape index (κ3) is 2.81. The van der Waals surface area contributed by atoms with Gasteiger partial charge in [0.15, 0.2) is 0 Å². The highest BCUT2D eigenvalue weighted by atomic mass is 16.5. The molecule has 6 heteroatoms. The predicted octanol–water partition coefficient (Wildman–Crippen LogP) is -0.471. The van der Waals surface area contributed by atoms with E-state index in [9.17, 15) is 9.59 Å². The summed E-state index contributed by atoms with van der Waals surface area (Å²) in [5, 5.41) is 3.11. The van der Waals surface area contributed by atoms with Crippen LogP contribution in [0.15, 0.2) is 0 Å². The molecule has 1 amide bonds. The number of amides is 1. The monoisotopic (exact) mass is 256 g/mol. The van der Waals surface area contributed by atoms with Gasteiger partial charge in [-0.2, -0.15) is 0 Å². The van der Waals surface area contributed by atoms with Crippen molar-refractivity contribution in [2.45, 2.75) is 31.9 Å². The molecule has 2 fully saturated rings. The fourth-order valence-electron chi connectivity index (χ4n) is 2.37. The van der Waals surface area contributed by atoms with E-state index >= 15 is 0 Å². The first-order valence-electron chi connectivity index (χ1n) is 6.53. The maximum atomic E-state index is 12.3. The molecule has 1 unspecified atom stereocenters. The van der Waals surface area contributed by atoms with E-state index in [4.69, 9.17) is 9.47 Å². The molecule has 0 radical (unpaired) electrons. The Labute approximate surface area is 107 Å². The van der Waals surface area contributed by atoms with Crippen LogP contribution in [0.2, 0.25) is 0 Å². The molecule has 2 aliphatic heterocycles. The second-order valence-corrected chi connectivity index (χ2v) is 4.51. The lowest BCUT2D eigenvalue weighted by molar-refractivity contribution is -0.159. The van der Waals surface area contributed by atoms with Crippen LogP contribution < -0.4 is 5.32 Å². The number of carbonyl (C=O) groups excluding carboxylic acids is 2. The van der Waals surface area contributed by atoms with E-state index in [-0.39, 0.29) is 18.0 Å². The van der Waals surface area contributed by atoms with Gasteiger partial charge in [-0.1, -0.05) is 0 Å². The van der Waals surface area contributed by atoms with E-state index in [1.807, 2.05) is 0 Å². The van der Waals surface area contributed by atoms with E-state index in [2.05, 4.69) is 5.32 Å². The third-order valence-electron chi connectivity index (χ3n) is 3.29. The topological polar surface area (TPSA) is 67.9 Å². The lowest BCUT2D eigenvalue weighted by atomic mass is 10.1. The highest BCUT2D eigenvalue weighted by Gasteiger charge is 2.37. The fourth-order valence-corrected chi connectivity index (χ4v) is 2.37. The van der Waals surface area contributed by atoms with Crippen LogP contribution in [-0.2, 0) is 19.1 Å². The molecule has 0 aromatic carbocycles. The van der Waals surface area contributed by atoms with Crippen molar-refractivity contribution >= 4 is 11.9 Å². The molecule has 0 aliphatic carbocycles. The number of nitrogens with one attached hydrogen (secondary N) is 1. The predicted molar refractivity (Wildman–Crippen MR) is 64.0 cm³/mol. The van der Waals surface area contributed by atoms with Gasteiger partial charge in [-0.15, -0.1) is 0 Å². The minimum absolute atomic E-state index is 0.0768. The number of carbonyl (C=O) groups is 2. The summed E-state index contributed by atoms with van der Waals surface area (Å²) >= 11 is 0. The Balaban J connectivity index is 2.02. The van der Waals surface area contributed by atoms with Crippen molar-refractivity contribution in [1.29, 1.82) is 0 Å². The number of rotatable bonds is 3. The summed E-state index contributed by atoms with van der Waals surface area (Å²) in [7, 11) is 0. The Morgan fingerprint density at radius 1 is 1.50 bits per heavy atom. The molecule has 2 heterocycles. The highest BCUT2D eigenvalue weighted by molar-refractivity contribution is 5.87. The summed E-state index contributed by atoms with van der Waals surface area (Å²) in [5.41, 5.74) is 0. The zero-order chi connectivity index (χ0) is 13.0. The first-order valence-corrected chi connectivity index (χ1v) is 6.53. The molecule has 18 heavy (non-hydrogen) atoms. The van der Waals surface area contributed by atoms with Gasteiger partial charge in [0.1, 0.15) is 12.1 Å². The van der Waals surface area contributed by atoms with Crippen molar-refractivity contribution in [2.75, 3.05) is 32.8 Å². The normalized spacial score (nSPS) is 28.2. The SMILES string of the molecule is CCOC(=O)C1CNCCN1C(=O)[C@@H]1CCCO1. The van der Waals surface area contributed by atoms with Gasteiger partial charge in [-0.25, -0.2) is 4.79 Å². The van der Waals surface area contributed by atoms with Crippen LogP contribution in [0, 0.1) is 0 Å². The van der Waals surface area contributed by atoms with Crippen molar-refractivity contribution < 1.29 is 19.1 Å². The lowest BCUT2D eigenvalue weighted by Gasteiger charge is -2.35. The van der Waals surface area contributed by atoms with E-state index in [0.29, 0.717) is 32.8 Å². The molecule has 1 N–H and O–H groups in total. The van der Waals surface area contributed by atoms with Gasteiger partial charge in [0.05, 0.1) is 6.61 Å². The number of piperazine rings is 1. The quantitative estimate of drug-likeness (QED) is 0.691. The number of nitrogens with zero attached hydrogens (tertiary/aromatic N) is 1. The molecule has 0 saturated carbocycles. The molecule has 0 aromatic heterocycles. The largest absolute Gasteiger partial charge is 0.464 e. The first kappa shape index (κ1) is 13.3.